The number of thioether (sulfide) groups is 1. The number of para-hydroxylation sites is 1. The average Bonchev–Trinajstić information content (AvgIpc) is 3.28. The number of anilines is 1. The van der Waals surface area contributed by atoms with E-state index in [1.54, 1.807) is 54.5 Å². The van der Waals surface area contributed by atoms with Crippen molar-refractivity contribution in [1.82, 2.24) is 19.8 Å². The fourth-order valence-electron chi connectivity index (χ4n) is 4.81. The number of hydrogen-bond donors (Lipinski definition) is 0. The number of hydrogen-bond acceptors (Lipinski definition) is 6. The van der Waals surface area contributed by atoms with Crippen molar-refractivity contribution in [2.45, 2.75) is 29.4 Å². The third-order valence-corrected chi connectivity index (χ3v) is 7.68. The molecule has 3 heterocycles. The Labute approximate surface area is 208 Å². The van der Waals surface area contributed by atoms with Crippen molar-refractivity contribution in [3.8, 4) is 0 Å². The van der Waals surface area contributed by atoms with Crippen LogP contribution in [0.3, 0.4) is 0 Å². The van der Waals surface area contributed by atoms with E-state index in [2.05, 4.69) is 14.9 Å². The first kappa shape index (κ1) is 23.7. The van der Waals surface area contributed by atoms with Crippen LogP contribution in [0.4, 0.5) is 14.5 Å². The van der Waals surface area contributed by atoms with Crippen LogP contribution in [0.25, 0.3) is 0 Å². The average molecular weight is 496 g/mol. The fourth-order valence-corrected chi connectivity index (χ4v) is 5.89. The minimum Gasteiger partial charge on any atom is -0.366 e. The second-order valence-electron chi connectivity index (χ2n) is 8.81. The van der Waals surface area contributed by atoms with Crippen molar-refractivity contribution in [2.75, 3.05) is 37.6 Å². The summed E-state index contributed by atoms with van der Waals surface area (Å²) in [6.07, 6.45) is 4.06. The van der Waals surface area contributed by atoms with Gasteiger partial charge in [-0.2, -0.15) is 0 Å². The predicted molar refractivity (Wildman–Crippen MR) is 132 cm³/mol. The van der Waals surface area contributed by atoms with Gasteiger partial charge in [0.05, 0.1) is 11.7 Å². The van der Waals surface area contributed by atoms with Gasteiger partial charge in [0.1, 0.15) is 11.6 Å². The summed E-state index contributed by atoms with van der Waals surface area (Å²) in [5.41, 5.74) is 1.15. The van der Waals surface area contributed by atoms with E-state index >= 15 is 0 Å². The minimum absolute atomic E-state index is 0.0478. The van der Waals surface area contributed by atoms with Gasteiger partial charge < -0.3 is 9.80 Å². The van der Waals surface area contributed by atoms with Crippen molar-refractivity contribution in [2.24, 2.45) is 0 Å². The lowest BCUT2D eigenvalue weighted by atomic mass is 10.1. The first-order valence-electron chi connectivity index (χ1n) is 11.8. The van der Waals surface area contributed by atoms with Crippen LogP contribution in [0.1, 0.15) is 12.0 Å². The highest BCUT2D eigenvalue weighted by atomic mass is 32.2. The predicted octanol–water partition coefficient (Wildman–Crippen LogP) is 3.84. The van der Waals surface area contributed by atoms with E-state index in [1.165, 1.54) is 12.1 Å². The number of rotatable bonds is 6. The quantitative estimate of drug-likeness (QED) is 0.485. The number of aromatic nitrogens is 2. The van der Waals surface area contributed by atoms with Crippen LogP contribution in [-0.2, 0) is 11.3 Å². The zero-order valence-corrected chi connectivity index (χ0v) is 20.1. The summed E-state index contributed by atoms with van der Waals surface area (Å²) >= 11 is 1.56. The van der Waals surface area contributed by atoms with Crippen LogP contribution in [0.15, 0.2) is 72.1 Å². The number of halogens is 2. The van der Waals surface area contributed by atoms with Crippen molar-refractivity contribution >= 4 is 23.4 Å². The van der Waals surface area contributed by atoms with Gasteiger partial charge in [-0.3, -0.25) is 9.69 Å². The Kier molecular flexibility index (Phi) is 7.24. The standard InChI is InChI=1S/C26H27F2N5OS/c27-21-7-2-1-6-19(21)17-33-18-20(35-26-29-10-5-11-30-26)16-24(33)25(34)32-14-12-31(13-15-32)23-9-4-3-8-22(23)28/h1-11,20,24H,12-18H2/t20-,24+/m1/s1. The number of carbonyl (C=O) groups is 1. The molecular weight excluding hydrogens is 468 g/mol. The number of benzene rings is 2. The summed E-state index contributed by atoms with van der Waals surface area (Å²) in [6, 6.07) is 14.9. The van der Waals surface area contributed by atoms with Gasteiger partial charge in [-0.1, -0.05) is 42.1 Å². The summed E-state index contributed by atoms with van der Waals surface area (Å²) in [5, 5.41) is 0.799. The molecule has 1 aromatic heterocycles. The molecule has 2 aliphatic rings. The molecule has 2 saturated heterocycles. The Morgan fingerprint density at radius 3 is 2.31 bits per heavy atom. The molecule has 9 heteroatoms. The highest BCUT2D eigenvalue weighted by Gasteiger charge is 2.40. The van der Waals surface area contributed by atoms with E-state index in [-0.39, 0.29) is 28.8 Å². The normalized spacial score (nSPS) is 20.9. The van der Waals surface area contributed by atoms with Crippen LogP contribution in [0.2, 0.25) is 0 Å². The monoisotopic (exact) mass is 495 g/mol. The lowest BCUT2D eigenvalue weighted by Crippen LogP contribution is -2.53. The summed E-state index contributed by atoms with van der Waals surface area (Å²) in [7, 11) is 0. The van der Waals surface area contributed by atoms with Gasteiger partial charge in [-0.25, -0.2) is 18.7 Å². The van der Waals surface area contributed by atoms with Crippen molar-refractivity contribution < 1.29 is 13.6 Å². The van der Waals surface area contributed by atoms with E-state index in [0.29, 0.717) is 62.1 Å². The summed E-state index contributed by atoms with van der Waals surface area (Å²) < 4.78 is 28.6. The van der Waals surface area contributed by atoms with Crippen molar-refractivity contribution in [3.63, 3.8) is 0 Å². The Morgan fingerprint density at radius 1 is 0.914 bits per heavy atom. The molecule has 0 saturated carbocycles. The molecule has 2 atom stereocenters. The van der Waals surface area contributed by atoms with E-state index in [4.69, 9.17) is 0 Å². The molecule has 0 aliphatic carbocycles. The van der Waals surface area contributed by atoms with Crippen LogP contribution >= 0.6 is 11.8 Å². The van der Waals surface area contributed by atoms with Gasteiger partial charge in [0.15, 0.2) is 5.16 Å². The molecule has 3 aromatic rings. The molecule has 6 nitrogen and oxygen atoms in total. The summed E-state index contributed by atoms with van der Waals surface area (Å²) in [6.45, 7) is 3.20. The van der Waals surface area contributed by atoms with Gasteiger partial charge in [-0.05, 0) is 30.7 Å². The number of piperazine rings is 1. The Hall–Kier alpha value is -3.04. The maximum atomic E-state index is 14.4. The third-order valence-electron chi connectivity index (χ3n) is 6.58. The zero-order chi connectivity index (χ0) is 24.2. The molecule has 5 rings (SSSR count). The number of nitrogens with zero attached hydrogens (tertiary/aromatic N) is 5. The molecule has 182 valence electrons. The third kappa shape index (κ3) is 5.46. The topological polar surface area (TPSA) is 52.6 Å². The molecule has 0 unspecified atom stereocenters. The van der Waals surface area contributed by atoms with E-state index < -0.39 is 0 Å². The molecular formula is C26H27F2N5OS. The molecule has 2 fully saturated rings. The Balaban J connectivity index is 1.29. The minimum atomic E-state index is -0.351. The Morgan fingerprint density at radius 2 is 1.60 bits per heavy atom. The van der Waals surface area contributed by atoms with Gasteiger partial charge >= 0.3 is 0 Å². The van der Waals surface area contributed by atoms with E-state index in [1.807, 2.05) is 21.9 Å². The maximum absolute atomic E-state index is 14.4. The lowest BCUT2D eigenvalue weighted by Gasteiger charge is -2.38. The van der Waals surface area contributed by atoms with Crippen molar-refractivity contribution in [1.29, 1.82) is 0 Å². The second kappa shape index (κ2) is 10.7. The first-order chi connectivity index (χ1) is 17.1. The SMILES string of the molecule is O=C([C@@H]1C[C@@H](Sc2ncccn2)CN1Cc1ccccc1F)N1CCN(c2ccccc2F)CC1. The smallest absolute Gasteiger partial charge is 0.240 e. The van der Waals surface area contributed by atoms with E-state index in [0.717, 1.165) is 0 Å². The number of carbonyl (C=O) groups excluding carboxylic acids is 1. The Bertz CT molecular complexity index is 1160. The molecule has 0 N–H and O–H groups in total. The van der Waals surface area contributed by atoms with E-state index in [9.17, 15) is 13.6 Å². The molecule has 0 bridgehead atoms. The van der Waals surface area contributed by atoms with Gasteiger partial charge in [0, 0.05) is 62.5 Å². The molecule has 1 amide bonds. The maximum Gasteiger partial charge on any atom is 0.240 e. The van der Waals surface area contributed by atoms with Crippen molar-refractivity contribution in [3.05, 3.63) is 84.2 Å². The highest BCUT2D eigenvalue weighted by Crippen LogP contribution is 2.33. The summed E-state index contributed by atoms with van der Waals surface area (Å²) in [5.74, 6) is -0.464. The summed E-state index contributed by atoms with van der Waals surface area (Å²) in [4.78, 5) is 28.2. The van der Waals surface area contributed by atoms with Gasteiger partial charge in [-0.15, -0.1) is 0 Å². The first-order valence-corrected chi connectivity index (χ1v) is 12.7. The van der Waals surface area contributed by atoms with Gasteiger partial charge in [0.25, 0.3) is 0 Å². The van der Waals surface area contributed by atoms with Crippen LogP contribution in [-0.4, -0.2) is 69.7 Å². The molecule has 0 spiro atoms. The second-order valence-corrected chi connectivity index (χ2v) is 10.1. The number of likely N-dealkylation sites (tertiary alicyclic amines) is 1. The highest BCUT2D eigenvalue weighted by molar-refractivity contribution is 7.99. The molecule has 2 aromatic carbocycles. The fraction of sp³-hybridized carbons (Fsp3) is 0.346. The van der Waals surface area contributed by atoms with Crippen LogP contribution < -0.4 is 4.90 Å². The molecule has 0 radical (unpaired) electrons. The van der Waals surface area contributed by atoms with Crippen LogP contribution in [0, 0.1) is 11.6 Å². The molecule has 2 aliphatic heterocycles. The number of amides is 1. The zero-order valence-electron chi connectivity index (χ0n) is 19.3. The largest absolute Gasteiger partial charge is 0.366 e. The lowest BCUT2D eigenvalue weighted by molar-refractivity contribution is -0.136. The van der Waals surface area contributed by atoms with Gasteiger partial charge in [0.2, 0.25) is 5.91 Å². The molecule has 35 heavy (non-hydrogen) atoms. The van der Waals surface area contributed by atoms with Crippen LogP contribution in [0.5, 0.6) is 0 Å².